The van der Waals surface area contributed by atoms with Crippen molar-refractivity contribution in [2.24, 2.45) is 0 Å². The van der Waals surface area contributed by atoms with Crippen molar-refractivity contribution in [3.05, 3.63) is 46.7 Å². The maximum absolute atomic E-state index is 5.97. The second kappa shape index (κ2) is 6.31. The number of anilines is 2. The second-order valence-corrected chi connectivity index (χ2v) is 5.82. The zero-order valence-electron chi connectivity index (χ0n) is 12.1. The van der Waals surface area contributed by atoms with Crippen molar-refractivity contribution in [1.82, 2.24) is 9.97 Å². The fourth-order valence-electron chi connectivity index (χ4n) is 2.63. The number of hydrogen-bond donors (Lipinski definition) is 1. The maximum atomic E-state index is 5.97. The van der Waals surface area contributed by atoms with Crippen molar-refractivity contribution in [1.29, 1.82) is 0 Å². The topological polar surface area (TPSA) is 41.1 Å². The normalized spacial score (nSPS) is 14.5. The molecular weight excluding hydrogens is 284 g/mol. The molecule has 0 unspecified atom stereocenters. The van der Waals surface area contributed by atoms with E-state index in [4.69, 9.17) is 11.6 Å². The number of halogens is 1. The van der Waals surface area contributed by atoms with Crippen LogP contribution in [0.15, 0.2) is 30.5 Å². The second-order valence-electron chi connectivity index (χ2n) is 5.38. The van der Waals surface area contributed by atoms with Gasteiger partial charge in [0.1, 0.15) is 11.6 Å². The van der Waals surface area contributed by atoms with Gasteiger partial charge in [-0.25, -0.2) is 9.97 Å². The van der Waals surface area contributed by atoms with Gasteiger partial charge in [0.05, 0.1) is 0 Å². The fraction of sp³-hybridized carbons (Fsp3) is 0.375. The molecule has 21 heavy (non-hydrogen) atoms. The highest BCUT2D eigenvalue weighted by atomic mass is 35.5. The lowest BCUT2D eigenvalue weighted by Gasteiger charge is -2.18. The molecule has 0 atom stereocenters. The molecule has 1 N–H and O–H groups in total. The summed E-state index contributed by atoms with van der Waals surface area (Å²) >= 11 is 5.97. The van der Waals surface area contributed by atoms with Crippen molar-refractivity contribution >= 4 is 23.2 Å². The summed E-state index contributed by atoms with van der Waals surface area (Å²) in [5.41, 5.74) is 2.27. The van der Waals surface area contributed by atoms with Gasteiger partial charge in [-0.1, -0.05) is 11.6 Å². The van der Waals surface area contributed by atoms with E-state index in [-0.39, 0.29) is 0 Å². The van der Waals surface area contributed by atoms with Crippen LogP contribution in [0.2, 0.25) is 5.02 Å². The van der Waals surface area contributed by atoms with Gasteiger partial charge >= 0.3 is 0 Å². The lowest BCUT2D eigenvalue weighted by Crippen LogP contribution is -2.19. The number of nitrogens with one attached hydrogen (secondary N) is 1. The lowest BCUT2D eigenvalue weighted by molar-refractivity contribution is 0.921. The first-order valence-corrected chi connectivity index (χ1v) is 7.66. The summed E-state index contributed by atoms with van der Waals surface area (Å²) in [5.74, 6) is 1.88. The van der Waals surface area contributed by atoms with E-state index >= 15 is 0 Å². The van der Waals surface area contributed by atoms with Gasteiger partial charge in [0.25, 0.3) is 0 Å². The van der Waals surface area contributed by atoms with Crippen molar-refractivity contribution in [3.8, 4) is 0 Å². The number of pyridine rings is 2. The highest BCUT2D eigenvalue weighted by Crippen LogP contribution is 2.20. The molecule has 1 fully saturated rings. The van der Waals surface area contributed by atoms with E-state index in [1.54, 1.807) is 12.3 Å². The van der Waals surface area contributed by atoms with E-state index in [1.807, 2.05) is 13.0 Å². The summed E-state index contributed by atoms with van der Waals surface area (Å²) < 4.78 is 0. The Morgan fingerprint density at radius 1 is 1.24 bits per heavy atom. The third-order valence-electron chi connectivity index (χ3n) is 3.63. The molecule has 0 amide bonds. The van der Waals surface area contributed by atoms with Gasteiger partial charge in [0.15, 0.2) is 0 Å². The van der Waals surface area contributed by atoms with E-state index in [2.05, 4.69) is 32.3 Å². The molecule has 0 bridgehead atoms. The van der Waals surface area contributed by atoms with Crippen molar-refractivity contribution < 1.29 is 0 Å². The molecule has 1 aliphatic rings. The van der Waals surface area contributed by atoms with Crippen LogP contribution in [0.3, 0.4) is 0 Å². The summed E-state index contributed by atoms with van der Waals surface area (Å²) in [6, 6.07) is 7.87. The third kappa shape index (κ3) is 3.64. The van der Waals surface area contributed by atoms with Crippen LogP contribution in [0, 0.1) is 6.92 Å². The van der Waals surface area contributed by atoms with Crippen LogP contribution in [0.4, 0.5) is 11.6 Å². The van der Waals surface area contributed by atoms with Gasteiger partial charge in [-0.3, -0.25) is 0 Å². The molecule has 2 aromatic rings. The van der Waals surface area contributed by atoms with Gasteiger partial charge in [0, 0.05) is 36.5 Å². The zero-order valence-corrected chi connectivity index (χ0v) is 12.9. The Morgan fingerprint density at radius 2 is 2.05 bits per heavy atom. The highest BCUT2D eigenvalue weighted by Gasteiger charge is 2.14. The molecule has 0 spiro atoms. The average Bonchev–Trinajstić information content (AvgIpc) is 2.99. The molecule has 5 heteroatoms. The summed E-state index contributed by atoms with van der Waals surface area (Å²) in [5, 5.41) is 4.00. The van der Waals surface area contributed by atoms with Crippen LogP contribution in [-0.2, 0) is 6.54 Å². The monoisotopic (exact) mass is 302 g/mol. The van der Waals surface area contributed by atoms with Crippen LogP contribution >= 0.6 is 11.6 Å². The first-order valence-electron chi connectivity index (χ1n) is 7.29. The molecule has 3 heterocycles. The first-order chi connectivity index (χ1) is 10.2. The number of nitrogens with zero attached hydrogens (tertiary/aromatic N) is 3. The Kier molecular flexibility index (Phi) is 4.25. The van der Waals surface area contributed by atoms with Crippen molar-refractivity contribution in [3.63, 3.8) is 0 Å². The zero-order chi connectivity index (χ0) is 14.7. The molecule has 1 saturated heterocycles. The predicted octanol–water partition coefficient (Wildman–Crippen LogP) is 3.65. The van der Waals surface area contributed by atoms with Crippen LogP contribution < -0.4 is 10.2 Å². The number of rotatable bonds is 4. The Hall–Kier alpha value is -1.81. The average molecular weight is 303 g/mol. The van der Waals surface area contributed by atoms with Gasteiger partial charge in [-0.15, -0.1) is 0 Å². The van der Waals surface area contributed by atoms with Crippen LogP contribution in [0.5, 0.6) is 0 Å². The Morgan fingerprint density at radius 3 is 2.81 bits per heavy atom. The third-order valence-corrected chi connectivity index (χ3v) is 3.86. The van der Waals surface area contributed by atoms with E-state index in [0.29, 0.717) is 5.02 Å². The quantitative estimate of drug-likeness (QED) is 0.936. The molecular formula is C16H19ClN4. The standard InChI is InChI=1S/C16H19ClN4/c1-12-8-13(9-16(20-12)21-6-2-3-7-21)11-19-15-10-14(17)4-5-18-15/h4-5,8-10H,2-3,6-7,11H2,1H3,(H,18,19). The fourth-order valence-corrected chi connectivity index (χ4v) is 2.79. The number of aryl methyl sites for hydroxylation is 1. The Labute approximate surface area is 130 Å². The molecule has 3 rings (SSSR count). The van der Waals surface area contributed by atoms with Crippen molar-refractivity contribution in [2.45, 2.75) is 26.3 Å². The minimum Gasteiger partial charge on any atom is -0.366 e. The highest BCUT2D eigenvalue weighted by molar-refractivity contribution is 6.30. The van der Waals surface area contributed by atoms with E-state index in [1.165, 1.54) is 18.4 Å². The van der Waals surface area contributed by atoms with Crippen LogP contribution in [0.1, 0.15) is 24.1 Å². The van der Waals surface area contributed by atoms with E-state index in [9.17, 15) is 0 Å². The molecule has 2 aromatic heterocycles. The largest absolute Gasteiger partial charge is 0.366 e. The minimum atomic E-state index is 0.691. The number of hydrogen-bond acceptors (Lipinski definition) is 4. The smallest absolute Gasteiger partial charge is 0.129 e. The first kappa shape index (κ1) is 14.1. The van der Waals surface area contributed by atoms with Gasteiger partial charge in [-0.2, -0.15) is 0 Å². The number of aromatic nitrogens is 2. The summed E-state index contributed by atoms with van der Waals surface area (Å²) in [4.78, 5) is 11.3. The van der Waals surface area contributed by atoms with Crippen LogP contribution in [-0.4, -0.2) is 23.1 Å². The Bertz CT molecular complexity index is 623. The lowest BCUT2D eigenvalue weighted by atomic mass is 10.2. The molecule has 0 saturated carbocycles. The van der Waals surface area contributed by atoms with Gasteiger partial charge in [0.2, 0.25) is 0 Å². The molecule has 110 valence electrons. The maximum Gasteiger partial charge on any atom is 0.129 e. The summed E-state index contributed by atoms with van der Waals surface area (Å²) in [6.45, 7) is 4.98. The SMILES string of the molecule is Cc1cc(CNc2cc(Cl)ccn2)cc(N2CCCC2)n1. The molecule has 1 aliphatic heterocycles. The van der Waals surface area contributed by atoms with Crippen LogP contribution in [0.25, 0.3) is 0 Å². The minimum absolute atomic E-state index is 0.691. The summed E-state index contributed by atoms with van der Waals surface area (Å²) in [7, 11) is 0. The van der Waals surface area contributed by atoms with Gasteiger partial charge in [-0.05, 0) is 49.6 Å². The van der Waals surface area contributed by atoms with E-state index < -0.39 is 0 Å². The molecule has 0 aliphatic carbocycles. The molecule has 4 nitrogen and oxygen atoms in total. The predicted molar refractivity (Wildman–Crippen MR) is 87.0 cm³/mol. The molecule has 0 radical (unpaired) electrons. The molecule has 0 aromatic carbocycles. The van der Waals surface area contributed by atoms with E-state index in [0.717, 1.165) is 37.0 Å². The van der Waals surface area contributed by atoms with Gasteiger partial charge < -0.3 is 10.2 Å². The summed E-state index contributed by atoms with van der Waals surface area (Å²) in [6.07, 6.45) is 4.23. The Balaban J connectivity index is 1.72. The van der Waals surface area contributed by atoms with Crippen molar-refractivity contribution in [2.75, 3.05) is 23.3 Å².